The topological polar surface area (TPSA) is 88.5 Å². The molecule has 3 heterocycles. The van der Waals surface area contributed by atoms with Crippen molar-refractivity contribution in [2.45, 2.75) is 19.9 Å². The van der Waals surface area contributed by atoms with Crippen molar-refractivity contribution in [1.29, 1.82) is 0 Å². The van der Waals surface area contributed by atoms with Crippen LogP contribution < -0.4 is 10.9 Å². The zero-order valence-electron chi connectivity index (χ0n) is 14.6. The van der Waals surface area contributed by atoms with Crippen molar-refractivity contribution >= 4 is 51.1 Å². The molecule has 11 heteroatoms. The Bertz CT molecular complexity index is 1230. The highest BCUT2D eigenvalue weighted by molar-refractivity contribution is 7.16. The lowest BCUT2D eigenvalue weighted by molar-refractivity contribution is 0.635. The number of hydrogen-bond acceptors (Lipinski definition) is 6. The van der Waals surface area contributed by atoms with Gasteiger partial charge < -0.3 is 5.32 Å². The second-order valence-electron chi connectivity index (χ2n) is 6.16. The Labute approximate surface area is 172 Å². The number of aromatic amines is 1. The van der Waals surface area contributed by atoms with E-state index < -0.39 is 11.4 Å². The Morgan fingerprint density at radius 3 is 2.79 bits per heavy atom. The predicted molar refractivity (Wildman–Crippen MR) is 108 cm³/mol. The monoisotopic (exact) mass is 438 g/mol. The van der Waals surface area contributed by atoms with Gasteiger partial charge in [-0.3, -0.25) is 14.5 Å². The van der Waals surface area contributed by atoms with Gasteiger partial charge in [-0.2, -0.15) is 5.10 Å². The van der Waals surface area contributed by atoms with E-state index in [1.165, 1.54) is 28.3 Å². The third kappa shape index (κ3) is 3.25. The fraction of sp³-hybridized carbons (Fsp3) is 0.176. The molecule has 0 saturated carbocycles. The summed E-state index contributed by atoms with van der Waals surface area (Å²) in [7, 11) is 0. The molecule has 1 aromatic carbocycles. The van der Waals surface area contributed by atoms with Crippen LogP contribution in [0.3, 0.4) is 0 Å². The molecule has 0 aliphatic heterocycles. The molecule has 1 unspecified atom stereocenters. The number of H-pyrrole nitrogens is 1. The third-order valence-corrected chi connectivity index (χ3v) is 6.10. The summed E-state index contributed by atoms with van der Waals surface area (Å²) in [5.41, 5.74) is 0.770. The Balaban J connectivity index is 1.77. The fourth-order valence-corrected chi connectivity index (χ4v) is 4.03. The van der Waals surface area contributed by atoms with Crippen molar-refractivity contribution in [2.75, 3.05) is 5.32 Å². The second kappa shape index (κ2) is 7.16. The molecule has 0 aliphatic rings. The highest BCUT2D eigenvalue weighted by atomic mass is 35.5. The summed E-state index contributed by atoms with van der Waals surface area (Å²) in [5, 5.41) is 10.8. The number of aromatic nitrogens is 5. The summed E-state index contributed by atoms with van der Waals surface area (Å²) in [6, 6.07) is 2.55. The van der Waals surface area contributed by atoms with Crippen molar-refractivity contribution in [1.82, 2.24) is 24.7 Å². The molecule has 3 aromatic heterocycles. The van der Waals surface area contributed by atoms with Crippen LogP contribution in [0, 0.1) is 12.7 Å². The van der Waals surface area contributed by atoms with Gasteiger partial charge in [0.1, 0.15) is 27.0 Å². The van der Waals surface area contributed by atoms with Crippen molar-refractivity contribution in [3.63, 3.8) is 0 Å². The molecule has 0 amide bonds. The summed E-state index contributed by atoms with van der Waals surface area (Å²) in [6.45, 7) is 3.64. The van der Waals surface area contributed by atoms with Gasteiger partial charge in [0.05, 0.1) is 17.6 Å². The van der Waals surface area contributed by atoms with Gasteiger partial charge in [0, 0.05) is 11.3 Å². The van der Waals surface area contributed by atoms with E-state index in [0.29, 0.717) is 20.8 Å². The van der Waals surface area contributed by atoms with E-state index in [9.17, 15) is 9.18 Å². The average Bonchev–Trinajstić information content (AvgIpc) is 3.22. The molecule has 7 nitrogen and oxygen atoms in total. The first-order valence-corrected chi connectivity index (χ1v) is 9.72. The Morgan fingerprint density at radius 1 is 1.36 bits per heavy atom. The second-order valence-corrected chi connectivity index (χ2v) is 8.15. The van der Waals surface area contributed by atoms with E-state index in [4.69, 9.17) is 23.2 Å². The quantitative estimate of drug-likeness (QED) is 0.489. The summed E-state index contributed by atoms with van der Waals surface area (Å²) in [4.78, 5) is 21.2. The van der Waals surface area contributed by atoms with Crippen molar-refractivity contribution in [3.8, 4) is 5.82 Å². The summed E-state index contributed by atoms with van der Waals surface area (Å²) in [6.07, 6.45) is 2.88. The van der Waals surface area contributed by atoms with Gasteiger partial charge in [-0.25, -0.2) is 14.4 Å². The number of halogens is 3. The average molecular weight is 439 g/mol. The van der Waals surface area contributed by atoms with Crippen LogP contribution in [0.15, 0.2) is 29.5 Å². The highest BCUT2D eigenvalue weighted by Gasteiger charge is 2.17. The van der Waals surface area contributed by atoms with Gasteiger partial charge in [-0.05, 0) is 26.0 Å². The summed E-state index contributed by atoms with van der Waals surface area (Å²) >= 11 is 13.1. The Morgan fingerprint density at radius 2 is 2.14 bits per heavy atom. The van der Waals surface area contributed by atoms with E-state index in [1.54, 1.807) is 19.2 Å². The number of fused-ring (bicyclic) bond motifs is 1. The van der Waals surface area contributed by atoms with Gasteiger partial charge in [0.2, 0.25) is 0 Å². The largest absolute Gasteiger partial charge is 0.376 e. The van der Waals surface area contributed by atoms with E-state index in [2.05, 4.69) is 25.5 Å². The minimum Gasteiger partial charge on any atom is -0.376 e. The number of hydrogen-bond donors (Lipinski definition) is 2. The van der Waals surface area contributed by atoms with Crippen LogP contribution in [-0.2, 0) is 0 Å². The highest BCUT2D eigenvalue weighted by Crippen LogP contribution is 2.33. The van der Waals surface area contributed by atoms with E-state index in [-0.39, 0.29) is 22.1 Å². The van der Waals surface area contributed by atoms with Gasteiger partial charge >= 0.3 is 0 Å². The molecule has 0 radical (unpaired) electrons. The molecule has 0 spiro atoms. The summed E-state index contributed by atoms with van der Waals surface area (Å²) in [5.74, 6) is -0.119. The molecule has 4 rings (SSSR count). The molecule has 0 aliphatic carbocycles. The minimum atomic E-state index is -0.604. The number of nitrogens with one attached hydrogen (secondary N) is 2. The fourth-order valence-electron chi connectivity index (χ4n) is 2.81. The minimum absolute atomic E-state index is 0.00282. The van der Waals surface area contributed by atoms with E-state index >= 15 is 0 Å². The lowest BCUT2D eigenvalue weighted by Crippen LogP contribution is -2.20. The first kappa shape index (κ1) is 18.9. The van der Waals surface area contributed by atoms with Gasteiger partial charge in [0.25, 0.3) is 5.56 Å². The maximum absolute atomic E-state index is 14.6. The zero-order chi connectivity index (χ0) is 20.0. The number of anilines is 1. The molecular weight excluding hydrogens is 426 g/mol. The molecule has 28 heavy (non-hydrogen) atoms. The van der Waals surface area contributed by atoms with Crippen LogP contribution in [0.5, 0.6) is 0 Å². The molecule has 144 valence electrons. The molecular formula is C17H13Cl2FN6OS. The van der Waals surface area contributed by atoms with Crippen LogP contribution in [0.4, 0.5) is 10.1 Å². The molecule has 1 atom stereocenters. The van der Waals surface area contributed by atoms with Gasteiger partial charge in [-0.15, -0.1) is 11.3 Å². The predicted octanol–water partition coefficient (Wildman–Crippen LogP) is 4.49. The maximum Gasteiger partial charge on any atom is 0.267 e. The number of aryl methyl sites for hydroxylation is 1. The molecule has 0 saturated heterocycles. The van der Waals surface area contributed by atoms with E-state index in [0.717, 1.165) is 5.56 Å². The molecule has 0 fully saturated rings. The SMILES string of the molecule is Cc1cn[nH]c1-n1cnc2c(F)cc(NC(C)c3nc(Cl)c(Cl)s3)cc2c1=O. The van der Waals surface area contributed by atoms with Crippen LogP contribution in [0.25, 0.3) is 16.7 Å². The molecule has 2 N–H and O–H groups in total. The number of rotatable bonds is 4. The van der Waals surface area contributed by atoms with Gasteiger partial charge in [0.15, 0.2) is 11.0 Å². The Kier molecular flexibility index (Phi) is 4.82. The molecule has 4 aromatic rings. The maximum atomic E-state index is 14.6. The smallest absolute Gasteiger partial charge is 0.267 e. The number of thiazole rings is 1. The zero-order valence-corrected chi connectivity index (χ0v) is 17.0. The third-order valence-electron chi connectivity index (χ3n) is 4.18. The Hall–Kier alpha value is -2.49. The van der Waals surface area contributed by atoms with Crippen molar-refractivity contribution in [2.24, 2.45) is 0 Å². The standard InChI is InChI=1S/C17H13Cl2FN6OS/c1-7-5-22-25-15(7)26-6-21-12-10(17(26)27)3-9(4-11(12)20)23-8(2)16-24-13(18)14(19)28-16/h3-6,8,23H,1-2H3,(H,22,25). The number of nitrogens with zero attached hydrogens (tertiary/aromatic N) is 4. The van der Waals surface area contributed by atoms with Crippen LogP contribution in [0.2, 0.25) is 9.49 Å². The first-order chi connectivity index (χ1) is 13.3. The lowest BCUT2D eigenvalue weighted by atomic mass is 10.2. The van der Waals surface area contributed by atoms with Crippen LogP contribution in [-0.4, -0.2) is 24.7 Å². The van der Waals surface area contributed by atoms with Gasteiger partial charge in [-0.1, -0.05) is 23.2 Å². The van der Waals surface area contributed by atoms with Crippen LogP contribution >= 0.6 is 34.5 Å². The van der Waals surface area contributed by atoms with Crippen molar-refractivity contribution in [3.05, 3.63) is 60.9 Å². The lowest BCUT2D eigenvalue weighted by Gasteiger charge is -2.14. The van der Waals surface area contributed by atoms with Crippen LogP contribution in [0.1, 0.15) is 23.5 Å². The normalized spacial score (nSPS) is 12.5. The first-order valence-electron chi connectivity index (χ1n) is 8.14. The molecule has 0 bridgehead atoms. The summed E-state index contributed by atoms with van der Waals surface area (Å²) < 4.78 is 16.3. The number of benzene rings is 1. The van der Waals surface area contributed by atoms with Crippen molar-refractivity contribution < 1.29 is 4.39 Å². The van der Waals surface area contributed by atoms with E-state index in [1.807, 2.05) is 6.92 Å².